The van der Waals surface area contributed by atoms with Gasteiger partial charge < -0.3 is 15.4 Å². The van der Waals surface area contributed by atoms with Gasteiger partial charge in [-0.05, 0) is 29.2 Å². The Hall–Kier alpha value is -2.40. The van der Waals surface area contributed by atoms with Crippen LogP contribution >= 0.6 is 0 Å². The van der Waals surface area contributed by atoms with E-state index >= 15 is 0 Å². The fraction of sp³-hybridized carbons (Fsp3) is 0.278. The molecule has 2 aromatic rings. The molecule has 0 heterocycles. The van der Waals surface area contributed by atoms with Crippen molar-refractivity contribution in [2.45, 2.75) is 19.6 Å². The standard InChI is InChI=1S/C18H21FN2O2/c1-23-13-15-8-6-14(7-9-15)12-21-18(22)20-11-10-16-4-2-3-5-17(16)19/h2-9H,10-13H2,1H3,(H2,20,21,22). The van der Waals surface area contributed by atoms with Gasteiger partial charge in [0.25, 0.3) is 0 Å². The van der Waals surface area contributed by atoms with E-state index in [4.69, 9.17) is 4.74 Å². The van der Waals surface area contributed by atoms with Gasteiger partial charge in [-0.1, -0.05) is 42.5 Å². The first-order chi connectivity index (χ1) is 11.2. The van der Waals surface area contributed by atoms with Gasteiger partial charge in [0.1, 0.15) is 5.82 Å². The smallest absolute Gasteiger partial charge is 0.315 e. The second-order valence-electron chi connectivity index (χ2n) is 5.20. The number of methoxy groups -OCH3 is 1. The molecule has 0 aliphatic carbocycles. The van der Waals surface area contributed by atoms with Crippen molar-refractivity contribution in [3.05, 3.63) is 71.0 Å². The molecular weight excluding hydrogens is 295 g/mol. The summed E-state index contributed by atoms with van der Waals surface area (Å²) in [7, 11) is 1.65. The lowest BCUT2D eigenvalue weighted by molar-refractivity contribution is 0.185. The topological polar surface area (TPSA) is 50.4 Å². The minimum absolute atomic E-state index is 0.245. The van der Waals surface area contributed by atoms with Crippen molar-refractivity contribution in [2.75, 3.05) is 13.7 Å². The molecule has 0 bridgehead atoms. The Bertz CT molecular complexity index is 629. The average Bonchev–Trinajstić information content (AvgIpc) is 2.56. The van der Waals surface area contributed by atoms with Crippen LogP contribution in [-0.2, 0) is 24.3 Å². The van der Waals surface area contributed by atoms with Crippen LogP contribution in [0.4, 0.5) is 9.18 Å². The summed E-state index contributed by atoms with van der Waals surface area (Å²) in [5, 5.41) is 5.50. The molecule has 2 aromatic carbocycles. The second-order valence-corrected chi connectivity index (χ2v) is 5.20. The van der Waals surface area contributed by atoms with Gasteiger partial charge in [0.05, 0.1) is 6.61 Å². The van der Waals surface area contributed by atoms with Crippen LogP contribution in [0.15, 0.2) is 48.5 Å². The molecule has 0 unspecified atom stereocenters. The van der Waals surface area contributed by atoms with E-state index in [-0.39, 0.29) is 11.8 Å². The van der Waals surface area contributed by atoms with Gasteiger partial charge >= 0.3 is 6.03 Å². The monoisotopic (exact) mass is 316 g/mol. The lowest BCUT2D eigenvalue weighted by atomic mass is 10.1. The summed E-state index contributed by atoms with van der Waals surface area (Å²) in [6, 6.07) is 14.2. The number of amides is 2. The number of hydrogen-bond donors (Lipinski definition) is 2. The zero-order valence-corrected chi connectivity index (χ0v) is 13.1. The highest BCUT2D eigenvalue weighted by molar-refractivity contribution is 5.73. The zero-order valence-electron chi connectivity index (χ0n) is 13.1. The molecule has 0 atom stereocenters. The lowest BCUT2D eigenvalue weighted by Crippen LogP contribution is -2.36. The molecule has 0 aromatic heterocycles. The number of urea groups is 1. The molecule has 23 heavy (non-hydrogen) atoms. The predicted molar refractivity (Wildman–Crippen MR) is 87.5 cm³/mol. The highest BCUT2D eigenvalue weighted by atomic mass is 19.1. The summed E-state index contributed by atoms with van der Waals surface area (Å²) >= 11 is 0. The Kier molecular flexibility index (Phi) is 6.56. The summed E-state index contributed by atoms with van der Waals surface area (Å²) in [6.07, 6.45) is 0.464. The van der Waals surface area contributed by atoms with Gasteiger partial charge in [0, 0.05) is 20.2 Å². The Morgan fingerprint density at radius 3 is 2.43 bits per heavy atom. The lowest BCUT2D eigenvalue weighted by Gasteiger charge is -2.09. The van der Waals surface area contributed by atoms with Crippen LogP contribution in [0.3, 0.4) is 0 Å². The van der Waals surface area contributed by atoms with Crippen LogP contribution in [0.1, 0.15) is 16.7 Å². The Balaban J connectivity index is 1.69. The second kappa shape index (κ2) is 8.90. The van der Waals surface area contributed by atoms with E-state index in [9.17, 15) is 9.18 Å². The minimum atomic E-state index is -0.262. The van der Waals surface area contributed by atoms with E-state index in [0.717, 1.165) is 11.1 Å². The van der Waals surface area contributed by atoms with Crippen LogP contribution < -0.4 is 10.6 Å². The van der Waals surface area contributed by atoms with Crippen LogP contribution in [0.2, 0.25) is 0 Å². The molecule has 0 saturated heterocycles. The van der Waals surface area contributed by atoms with Gasteiger partial charge in [-0.2, -0.15) is 0 Å². The molecule has 2 rings (SSSR count). The predicted octanol–water partition coefficient (Wildman–Crippen LogP) is 3.01. The van der Waals surface area contributed by atoms with Crippen molar-refractivity contribution in [1.29, 1.82) is 0 Å². The molecule has 0 aliphatic rings. The molecule has 0 radical (unpaired) electrons. The van der Waals surface area contributed by atoms with Gasteiger partial charge in [0.15, 0.2) is 0 Å². The van der Waals surface area contributed by atoms with Gasteiger partial charge in [-0.15, -0.1) is 0 Å². The van der Waals surface area contributed by atoms with E-state index in [1.165, 1.54) is 6.07 Å². The van der Waals surface area contributed by atoms with Crippen molar-refractivity contribution >= 4 is 6.03 Å². The molecule has 2 N–H and O–H groups in total. The highest BCUT2D eigenvalue weighted by Crippen LogP contribution is 2.06. The molecule has 0 spiro atoms. The summed E-state index contributed by atoms with van der Waals surface area (Å²) in [5.41, 5.74) is 2.70. The van der Waals surface area contributed by atoms with Gasteiger partial charge in [-0.25, -0.2) is 9.18 Å². The third-order valence-electron chi connectivity index (χ3n) is 3.42. The molecule has 4 nitrogen and oxygen atoms in total. The quantitative estimate of drug-likeness (QED) is 0.825. The first kappa shape index (κ1) is 17.0. The molecule has 0 saturated carbocycles. The number of halogens is 1. The van der Waals surface area contributed by atoms with E-state index in [0.29, 0.717) is 31.7 Å². The molecule has 0 aliphatic heterocycles. The summed E-state index contributed by atoms with van der Waals surface area (Å²) < 4.78 is 18.5. The first-order valence-electron chi connectivity index (χ1n) is 7.51. The maximum Gasteiger partial charge on any atom is 0.315 e. The van der Waals surface area contributed by atoms with E-state index in [2.05, 4.69) is 10.6 Å². The molecule has 0 fully saturated rings. The maximum absolute atomic E-state index is 13.4. The van der Waals surface area contributed by atoms with Crippen molar-refractivity contribution < 1.29 is 13.9 Å². The van der Waals surface area contributed by atoms with E-state index < -0.39 is 0 Å². The van der Waals surface area contributed by atoms with Crippen LogP contribution in [0.5, 0.6) is 0 Å². The summed E-state index contributed by atoms with van der Waals surface area (Å²) in [6.45, 7) is 1.41. The third-order valence-corrected chi connectivity index (χ3v) is 3.42. The van der Waals surface area contributed by atoms with E-state index in [1.807, 2.05) is 24.3 Å². The number of hydrogen-bond acceptors (Lipinski definition) is 2. The number of benzene rings is 2. The normalized spacial score (nSPS) is 10.3. The van der Waals surface area contributed by atoms with Crippen molar-refractivity contribution in [2.24, 2.45) is 0 Å². The SMILES string of the molecule is COCc1ccc(CNC(=O)NCCc2ccccc2F)cc1. The average molecular weight is 316 g/mol. The van der Waals surface area contributed by atoms with Crippen molar-refractivity contribution in [1.82, 2.24) is 10.6 Å². The van der Waals surface area contributed by atoms with Crippen LogP contribution in [-0.4, -0.2) is 19.7 Å². The van der Waals surface area contributed by atoms with Crippen LogP contribution in [0, 0.1) is 5.82 Å². The third kappa shape index (κ3) is 5.71. The minimum Gasteiger partial charge on any atom is -0.380 e. The number of carbonyl (C=O) groups excluding carboxylic acids is 1. The fourth-order valence-corrected chi connectivity index (χ4v) is 2.18. The van der Waals surface area contributed by atoms with E-state index in [1.54, 1.807) is 25.3 Å². The number of ether oxygens (including phenoxy) is 1. The van der Waals surface area contributed by atoms with Crippen LogP contribution in [0.25, 0.3) is 0 Å². The molecule has 2 amide bonds. The Morgan fingerprint density at radius 1 is 1.04 bits per heavy atom. The maximum atomic E-state index is 13.4. The molecule has 5 heteroatoms. The summed E-state index contributed by atoms with van der Waals surface area (Å²) in [4.78, 5) is 11.7. The molecular formula is C18H21FN2O2. The molecule has 122 valence electrons. The van der Waals surface area contributed by atoms with Gasteiger partial charge in [0.2, 0.25) is 0 Å². The van der Waals surface area contributed by atoms with Crippen molar-refractivity contribution in [3.63, 3.8) is 0 Å². The van der Waals surface area contributed by atoms with Gasteiger partial charge in [-0.3, -0.25) is 0 Å². The first-order valence-corrected chi connectivity index (χ1v) is 7.51. The number of nitrogens with one attached hydrogen (secondary N) is 2. The number of rotatable bonds is 7. The number of carbonyl (C=O) groups is 1. The highest BCUT2D eigenvalue weighted by Gasteiger charge is 2.03. The Morgan fingerprint density at radius 2 is 1.74 bits per heavy atom. The van der Waals surface area contributed by atoms with Crippen molar-refractivity contribution in [3.8, 4) is 0 Å². The Labute approximate surface area is 135 Å². The largest absolute Gasteiger partial charge is 0.380 e. The zero-order chi connectivity index (χ0) is 16.5. The summed E-state index contributed by atoms with van der Waals surface area (Å²) in [5.74, 6) is -0.245. The fourth-order valence-electron chi connectivity index (χ4n) is 2.18.